The number of benzene rings is 1. The van der Waals surface area contributed by atoms with Gasteiger partial charge < -0.3 is 10.6 Å². The standard InChI is InChI=1S/C16H23BrN2O/c1-16(2)14(18)8-5-11-19(16)15(20)10-9-12-6-3-4-7-13(12)17/h3-4,6-7,14H,5,8-11,18H2,1-2H3. The average molecular weight is 339 g/mol. The minimum atomic E-state index is -0.233. The molecule has 0 spiro atoms. The Labute approximate surface area is 129 Å². The predicted octanol–water partition coefficient (Wildman–Crippen LogP) is 3.11. The van der Waals surface area contributed by atoms with Crippen molar-refractivity contribution in [2.45, 2.75) is 51.1 Å². The number of rotatable bonds is 3. The van der Waals surface area contributed by atoms with Gasteiger partial charge in [0.05, 0.1) is 5.54 Å². The highest BCUT2D eigenvalue weighted by molar-refractivity contribution is 9.10. The number of carbonyl (C=O) groups excluding carboxylic acids is 1. The molecule has 2 rings (SSSR count). The van der Waals surface area contributed by atoms with E-state index in [1.165, 1.54) is 5.56 Å². The van der Waals surface area contributed by atoms with Crippen molar-refractivity contribution in [1.29, 1.82) is 0 Å². The molecular formula is C16H23BrN2O. The first-order valence-corrected chi connectivity index (χ1v) is 8.01. The summed E-state index contributed by atoms with van der Waals surface area (Å²) in [6, 6.07) is 8.14. The molecule has 1 unspecified atom stereocenters. The summed E-state index contributed by atoms with van der Waals surface area (Å²) in [5, 5.41) is 0. The Hall–Kier alpha value is -0.870. The Morgan fingerprint density at radius 1 is 1.45 bits per heavy atom. The molecule has 2 N–H and O–H groups in total. The van der Waals surface area contributed by atoms with Gasteiger partial charge in [0.1, 0.15) is 0 Å². The molecule has 1 saturated heterocycles. The number of amides is 1. The summed E-state index contributed by atoms with van der Waals surface area (Å²) in [5.74, 6) is 0.209. The Morgan fingerprint density at radius 3 is 2.85 bits per heavy atom. The molecule has 1 atom stereocenters. The molecule has 1 aliphatic heterocycles. The highest BCUT2D eigenvalue weighted by Gasteiger charge is 2.38. The van der Waals surface area contributed by atoms with Gasteiger partial charge in [-0.25, -0.2) is 0 Å². The van der Waals surface area contributed by atoms with Crippen LogP contribution in [-0.2, 0) is 11.2 Å². The molecule has 1 aromatic carbocycles. The molecule has 20 heavy (non-hydrogen) atoms. The van der Waals surface area contributed by atoms with Crippen molar-refractivity contribution < 1.29 is 4.79 Å². The van der Waals surface area contributed by atoms with Crippen molar-refractivity contribution in [1.82, 2.24) is 4.90 Å². The van der Waals surface area contributed by atoms with E-state index in [1.54, 1.807) is 0 Å². The number of halogens is 1. The van der Waals surface area contributed by atoms with Gasteiger partial charge in [0.25, 0.3) is 0 Å². The first kappa shape index (κ1) is 15.5. The first-order chi connectivity index (χ1) is 9.43. The molecule has 110 valence electrons. The summed E-state index contributed by atoms with van der Waals surface area (Å²) >= 11 is 3.53. The van der Waals surface area contributed by atoms with Crippen molar-refractivity contribution in [2.24, 2.45) is 5.73 Å². The molecule has 0 saturated carbocycles. The molecule has 1 aliphatic rings. The van der Waals surface area contributed by atoms with Crippen molar-refractivity contribution >= 4 is 21.8 Å². The second kappa shape index (κ2) is 6.27. The molecule has 1 amide bonds. The second-order valence-corrected chi connectivity index (χ2v) is 6.89. The van der Waals surface area contributed by atoms with Crippen LogP contribution < -0.4 is 5.73 Å². The molecule has 3 nitrogen and oxygen atoms in total. The molecular weight excluding hydrogens is 316 g/mol. The zero-order valence-electron chi connectivity index (χ0n) is 12.2. The average Bonchev–Trinajstić information content (AvgIpc) is 2.40. The third-order valence-corrected chi connectivity index (χ3v) is 5.14. The molecule has 1 heterocycles. The van der Waals surface area contributed by atoms with Crippen molar-refractivity contribution in [2.75, 3.05) is 6.54 Å². The molecule has 1 fully saturated rings. The maximum absolute atomic E-state index is 12.5. The van der Waals surface area contributed by atoms with Crippen LogP contribution >= 0.6 is 15.9 Å². The summed E-state index contributed by atoms with van der Waals surface area (Å²) < 4.78 is 1.07. The fourth-order valence-corrected chi connectivity index (χ4v) is 3.32. The lowest BCUT2D eigenvalue weighted by Crippen LogP contribution is -2.61. The SMILES string of the molecule is CC1(C)C(N)CCCN1C(=O)CCc1ccccc1Br. The fourth-order valence-electron chi connectivity index (χ4n) is 2.83. The van der Waals surface area contributed by atoms with Gasteiger partial charge in [0.15, 0.2) is 0 Å². The van der Waals surface area contributed by atoms with Crippen LogP contribution in [-0.4, -0.2) is 28.9 Å². The zero-order chi connectivity index (χ0) is 14.8. The van der Waals surface area contributed by atoms with E-state index in [-0.39, 0.29) is 17.5 Å². The van der Waals surface area contributed by atoms with E-state index in [4.69, 9.17) is 5.73 Å². The number of nitrogens with zero attached hydrogens (tertiary/aromatic N) is 1. The molecule has 0 bridgehead atoms. The number of nitrogens with two attached hydrogens (primary N) is 1. The molecule has 4 heteroatoms. The van der Waals surface area contributed by atoms with E-state index >= 15 is 0 Å². The Morgan fingerprint density at radius 2 is 2.15 bits per heavy atom. The largest absolute Gasteiger partial charge is 0.336 e. The monoisotopic (exact) mass is 338 g/mol. The van der Waals surface area contributed by atoms with Crippen LogP contribution in [0.5, 0.6) is 0 Å². The second-order valence-electron chi connectivity index (χ2n) is 6.04. The number of piperidine rings is 1. The van der Waals surface area contributed by atoms with Gasteiger partial charge in [-0.2, -0.15) is 0 Å². The van der Waals surface area contributed by atoms with Gasteiger partial charge in [-0.15, -0.1) is 0 Å². The van der Waals surface area contributed by atoms with Crippen molar-refractivity contribution in [3.05, 3.63) is 34.3 Å². The summed E-state index contributed by atoms with van der Waals surface area (Å²) in [7, 11) is 0. The quantitative estimate of drug-likeness (QED) is 0.920. The lowest BCUT2D eigenvalue weighted by Gasteiger charge is -2.46. The molecule has 0 aromatic heterocycles. The van der Waals surface area contributed by atoms with Crippen LogP contribution in [0.15, 0.2) is 28.7 Å². The topological polar surface area (TPSA) is 46.3 Å². The number of hydrogen-bond donors (Lipinski definition) is 1. The number of aryl methyl sites for hydroxylation is 1. The molecule has 1 aromatic rings. The summed E-state index contributed by atoms with van der Waals surface area (Å²) in [4.78, 5) is 14.5. The number of hydrogen-bond acceptors (Lipinski definition) is 2. The third-order valence-electron chi connectivity index (χ3n) is 4.37. The van der Waals surface area contributed by atoms with Crippen LogP contribution in [0.3, 0.4) is 0 Å². The highest BCUT2D eigenvalue weighted by Crippen LogP contribution is 2.27. The summed E-state index contributed by atoms with van der Waals surface area (Å²) in [6.07, 6.45) is 3.31. The summed E-state index contributed by atoms with van der Waals surface area (Å²) in [5.41, 5.74) is 7.12. The Bertz CT molecular complexity index is 487. The van der Waals surface area contributed by atoms with Crippen molar-refractivity contribution in [3.63, 3.8) is 0 Å². The predicted molar refractivity (Wildman–Crippen MR) is 85.5 cm³/mol. The van der Waals surface area contributed by atoms with Gasteiger partial charge in [-0.3, -0.25) is 4.79 Å². The van der Waals surface area contributed by atoms with Crippen LogP contribution in [0.2, 0.25) is 0 Å². The van der Waals surface area contributed by atoms with Crippen LogP contribution in [0.25, 0.3) is 0 Å². The van der Waals surface area contributed by atoms with Gasteiger partial charge in [-0.1, -0.05) is 34.1 Å². The van der Waals surface area contributed by atoms with Crippen molar-refractivity contribution in [3.8, 4) is 0 Å². The van der Waals surface area contributed by atoms with Gasteiger partial charge >= 0.3 is 0 Å². The third kappa shape index (κ3) is 3.23. The van der Waals surface area contributed by atoms with E-state index in [0.29, 0.717) is 6.42 Å². The van der Waals surface area contributed by atoms with Crippen LogP contribution in [0.4, 0.5) is 0 Å². The van der Waals surface area contributed by atoms with E-state index in [0.717, 1.165) is 30.3 Å². The minimum Gasteiger partial charge on any atom is -0.336 e. The van der Waals surface area contributed by atoms with Crippen LogP contribution in [0.1, 0.15) is 38.7 Å². The molecule has 0 aliphatic carbocycles. The number of carbonyl (C=O) groups is 1. The Balaban J connectivity index is 2.00. The normalized spacial score (nSPS) is 21.8. The highest BCUT2D eigenvalue weighted by atomic mass is 79.9. The van der Waals surface area contributed by atoms with E-state index in [2.05, 4.69) is 35.8 Å². The van der Waals surface area contributed by atoms with Gasteiger partial charge in [0.2, 0.25) is 5.91 Å². The fraction of sp³-hybridized carbons (Fsp3) is 0.562. The maximum atomic E-state index is 12.5. The summed E-state index contributed by atoms with van der Waals surface area (Å²) in [6.45, 7) is 4.98. The van der Waals surface area contributed by atoms with Gasteiger partial charge in [-0.05, 0) is 44.7 Å². The minimum absolute atomic E-state index is 0.0728. The first-order valence-electron chi connectivity index (χ1n) is 7.22. The molecule has 0 radical (unpaired) electrons. The number of likely N-dealkylation sites (tertiary alicyclic amines) is 1. The maximum Gasteiger partial charge on any atom is 0.223 e. The smallest absolute Gasteiger partial charge is 0.223 e. The lowest BCUT2D eigenvalue weighted by molar-refractivity contribution is -0.139. The zero-order valence-corrected chi connectivity index (χ0v) is 13.8. The van der Waals surface area contributed by atoms with E-state index in [1.807, 2.05) is 23.1 Å². The van der Waals surface area contributed by atoms with E-state index < -0.39 is 0 Å². The van der Waals surface area contributed by atoms with E-state index in [9.17, 15) is 4.79 Å². The van der Waals surface area contributed by atoms with Crippen LogP contribution in [0, 0.1) is 0 Å². The lowest BCUT2D eigenvalue weighted by atomic mass is 9.85. The Kier molecular flexibility index (Phi) is 4.86. The van der Waals surface area contributed by atoms with Gasteiger partial charge in [0, 0.05) is 23.5 Å².